The average molecular weight is 277 g/mol. The standard InChI is InChI=1S/C13H12FN3OS/c1-18-8-4-5-9(14)11(7-8)17-10-3-2-6-16-12(10)13(15)19/h2-7,17H,1H3,(H2,15,19). The Hall–Kier alpha value is -2.21. The second-order valence-corrected chi connectivity index (χ2v) is 4.17. The van der Waals surface area contributed by atoms with Crippen LogP contribution in [-0.2, 0) is 0 Å². The number of methoxy groups -OCH3 is 1. The zero-order valence-electron chi connectivity index (χ0n) is 10.2. The fourth-order valence-electron chi connectivity index (χ4n) is 1.57. The molecule has 0 saturated heterocycles. The Bertz CT molecular complexity index is 619. The molecule has 0 fully saturated rings. The van der Waals surface area contributed by atoms with E-state index in [1.54, 1.807) is 24.4 Å². The van der Waals surface area contributed by atoms with Crippen LogP contribution in [0.3, 0.4) is 0 Å². The minimum Gasteiger partial charge on any atom is -0.497 e. The predicted molar refractivity (Wildman–Crippen MR) is 76.4 cm³/mol. The molecule has 2 rings (SSSR count). The van der Waals surface area contributed by atoms with Gasteiger partial charge in [0.2, 0.25) is 0 Å². The van der Waals surface area contributed by atoms with Gasteiger partial charge in [-0.2, -0.15) is 0 Å². The Labute approximate surface area is 115 Å². The van der Waals surface area contributed by atoms with E-state index in [4.69, 9.17) is 22.7 Å². The van der Waals surface area contributed by atoms with Crippen molar-refractivity contribution in [3.63, 3.8) is 0 Å². The fourth-order valence-corrected chi connectivity index (χ4v) is 1.74. The van der Waals surface area contributed by atoms with Crippen LogP contribution in [0.2, 0.25) is 0 Å². The molecule has 1 heterocycles. The van der Waals surface area contributed by atoms with Crippen molar-refractivity contribution < 1.29 is 9.13 Å². The number of anilines is 2. The number of nitrogens with two attached hydrogens (primary N) is 1. The number of aromatic nitrogens is 1. The maximum absolute atomic E-state index is 13.7. The monoisotopic (exact) mass is 277 g/mol. The van der Waals surface area contributed by atoms with Gasteiger partial charge in [-0.3, -0.25) is 4.98 Å². The highest BCUT2D eigenvalue weighted by Crippen LogP contribution is 2.25. The molecule has 4 nitrogen and oxygen atoms in total. The number of halogens is 1. The first-order valence-electron chi connectivity index (χ1n) is 5.47. The summed E-state index contributed by atoms with van der Waals surface area (Å²) in [6, 6.07) is 7.84. The van der Waals surface area contributed by atoms with Crippen molar-refractivity contribution in [1.82, 2.24) is 4.98 Å². The van der Waals surface area contributed by atoms with Crippen LogP contribution >= 0.6 is 12.2 Å². The summed E-state index contributed by atoms with van der Waals surface area (Å²) in [5, 5.41) is 2.91. The quantitative estimate of drug-likeness (QED) is 0.841. The molecular weight excluding hydrogens is 265 g/mol. The third kappa shape index (κ3) is 2.97. The van der Waals surface area contributed by atoms with Gasteiger partial charge >= 0.3 is 0 Å². The lowest BCUT2D eigenvalue weighted by Crippen LogP contribution is -2.14. The molecule has 0 bridgehead atoms. The molecule has 0 amide bonds. The number of nitrogens with one attached hydrogen (secondary N) is 1. The largest absolute Gasteiger partial charge is 0.497 e. The van der Waals surface area contributed by atoms with Crippen LogP contribution < -0.4 is 15.8 Å². The van der Waals surface area contributed by atoms with Crippen molar-refractivity contribution in [1.29, 1.82) is 0 Å². The van der Waals surface area contributed by atoms with Crippen molar-refractivity contribution in [2.45, 2.75) is 0 Å². The molecule has 0 radical (unpaired) electrons. The van der Waals surface area contributed by atoms with Gasteiger partial charge in [0.15, 0.2) is 0 Å². The van der Waals surface area contributed by atoms with Crippen molar-refractivity contribution in [3.05, 3.63) is 48.0 Å². The number of ether oxygens (including phenoxy) is 1. The molecule has 0 saturated carbocycles. The number of hydrogen-bond donors (Lipinski definition) is 2. The molecule has 6 heteroatoms. The van der Waals surface area contributed by atoms with Gasteiger partial charge in [0.05, 0.1) is 18.5 Å². The SMILES string of the molecule is COc1ccc(F)c(Nc2cccnc2C(N)=S)c1. The maximum Gasteiger partial charge on any atom is 0.146 e. The summed E-state index contributed by atoms with van der Waals surface area (Å²) in [5.74, 6) is 0.142. The van der Waals surface area contributed by atoms with Crippen LogP contribution in [0.15, 0.2) is 36.5 Å². The summed E-state index contributed by atoms with van der Waals surface area (Å²) in [4.78, 5) is 4.21. The number of pyridine rings is 1. The molecule has 0 unspecified atom stereocenters. The zero-order valence-corrected chi connectivity index (χ0v) is 11.0. The Kier molecular flexibility index (Phi) is 3.91. The summed E-state index contributed by atoms with van der Waals surface area (Å²) >= 11 is 4.90. The first kappa shape index (κ1) is 13.2. The van der Waals surface area contributed by atoms with E-state index in [-0.39, 0.29) is 10.7 Å². The Morgan fingerprint density at radius 1 is 1.37 bits per heavy atom. The van der Waals surface area contributed by atoms with E-state index in [1.807, 2.05) is 0 Å². The van der Waals surface area contributed by atoms with E-state index in [2.05, 4.69) is 10.3 Å². The highest BCUT2D eigenvalue weighted by Gasteiger charge is 2.09. The lowest BCUT2D eigenvalue weighted by Gasteiger charge is -2.11. The molecule has 3 N–H and O–H groups in total. The van der Waals surface area contributed by atoms with E-state index in [0.29, 0.717) is 17.1 Å². The second kappa shape index (κ2) is 5.62. The molecule has 0 aliphatic carbocycles. The fraction of sp³-hybridized carbons (Fsp3) is 0.0769. The van der Waals surface area contributed by atoms with Gasteiger partial charge in [-0.05, 0) is 24.3 Å². The van der Waals surface area contributed by atoms with E-state index in [1.165, 1.54) is 19.2 Å². The van der Waals surface area contributed by atoms with Crippen molar-refractivity contribution in [2.75, 3.05) is 12.4 Å². The molecule has 2 aromatic rings. The number of rotatable bonds is 4. The Morgan fingerprint density at radius 2 is 2.16 bits per heavy atom. The Balaban J connectivity index is 2.38. The highest BCUT2D eigenvalue weighted by molar-refractivity contribution is 7.80. The third-order valence-corrected chi connectivity index (χ3v) is 2.68. The molecule has 0 aliphatic rings. The van der Waals surface area contributed by atoms with Gasteiger partial charge < -0.3 is 15.8 Å². The minimum absolute atomic E-state index is 0.145. The summed E-state index contributed by atoms with van der Waals surface area (Å²) < 4.78 is 18.8. The normalized spacial score (nSPS) is 10.0. The van der Waals surface area contributed by atoms with Crippen molar-refractivity contribution >= 4 is 28.6 Å². The van der Waals surface area contributed by atoms with Crippen LogP contribution in [0.4, 0.5) is 15.8 Å². The minimum atomic E-state index is -0.404. The van der Waals surface area contributed by atoms with Crippen molar-refractivity contribution in [2.24, 2.45) is 5.73 Å². The van der Waals surface area contributed by atoms with Gasteiger partial charge in [0, 0.05) is 12.3 Å². The molecule has 1 aromatic heterocycles. The Morgan fingerprint density at radius 3 is 2.84 bits per heavy atom. The van der Waals surface area contributed by atoms with Crippen LogP contribution in [0, 0.1) is 5.82 Å². The van der Waals surface area contributed by atoms with E-state index in [9.17, 15) is 4.39 Å². The highest BCUT2D eigenvalue weighted by atomic mass is 32.1. The van der Waals surface area contributed by atoms with Gasteiger partial charge in [-0.15, -0.1) is 0 Å². The lowest BCUT2D eigenvalue weighted by atomic mass is 10.2. The van der Waals surface area contributed by atoms with E-state index < -0.39 is 5.82 Å². The lowest BCUT2D eigenvalue weighted by molar-refractivity contribution is 0.414. The summed E-state index contributed by atoms with van der Waals surface area (Å²) in [6.45, 7) is 0. The van der Waals surface area contributed by atoms with Crippen LogP contribution in [0.5, 0.6) is 5.75 Å². The molecule has 0 spiro atoms. The van der Waals surface area contributed by atoms with Crippen molar-refractivity contribution in [3.8, 4) is 5.75 Å². The first-order valence-corrected chi connectivity index (χ1v) is 5.88. The van der Waals surface area contributed by atoms with Crippen LogP contribution in [-0.4, -0.2) is 17.1 Å². The first-order chi connectivity index (χ1) is 9.11. The molecule has 0 atom stereocenters. The van der Waals surface area contributed by atoms with Gasteiger partial charge in [0.25, 0.3) is 0 Å². The van der Waals surface area contributed by atoms with Crippen LogP contribution in [0.25, 0.3) is 0 Å². The summed E-state index contributed by atoms with van der Waals surface area (Å²) in [7, 11) is 1.52. The third-order valence-electron chi connectivity index (χ3n) is 2.48. The molecule has 0 aliphatic heterocycles. The number of hydrogen-bond acceptors (Lipinski definition) is 4. The predicted octanol–water partition coefficient (Wildman–Crippen LogP) is 2.61. The van der Waals surface area contributed by atoms with E-state index in [0.717, 1.165) is 0 Å². The van der Waals surface area contributed by atoms with E-state index >= 15 is 0 Å². The molecule has 19 heavy (non-hydrogen) atoms. The molecular formula is C13H12FN3OS. The number of benzene rings is 1. The number of thiocarbonyl (C=S) groups is 1. The van der Waals surface area contributed by atoms with Gasteiger partial charge in [-0.1, -0.05) is 12.2 Å². The zero-order chi connectivity index (χ0) is 13.8. The number of nitrogens with zero attached hydrogens (tertiary/aromatic N) is 1. The smallest absolute Gasteiger partial charge is 0.146 e. The molecule has 98 valence electrons. The molecule has 1 aromatic carbocycles. The topological polar surface area (TPSA) is 60.2 Å². The van der Waals surface area contributed by atoms with Gasteiger partial charge in [-0.25, -0.2) is 4.39 Å². The van der Waals surface area contributed by atoms with Crippen LogP contribution in [0.1, 0.15) is 5.69 Å². The summed E-state index contributed by atoms with van der Waals surface area (Å²) in [6.07, 6.45) is 1.57. The average Bonchev–Trinajstić information content (AvgIpc) is 2.41. The maximum atomic E-state index is 13.7. The van der Waals surface area contributed by atoms with Gasteiger partial charge in [0.1, 0.15) is 22.2 Å². The summed E-state index contributed by atoms with van der Waals surface area (Å²) in [5.41, 5.74) is 6.80. The second-order valence-electron chi connectivity index (χ2n) is 3.73.